The average Bonchev–Trinajstić information content (AvgIpc) is 2.25. The van der Waals surface area contributed by atoms with Gasteiger partial charge in [0.05, 0.1) is 5.92 Å². The van der Waals surface area contributed by atoms with Gasteiger partial charge in [0.15, 0.2) is 0 Å². The van der Waals surface area contributed by atoms with Gasteiger partial charge in [-0.3, -0.25) is 4.79 Å². The number of rotatable bonds is 2. The van der Waals surface area contributed by atoms with Crippen LogP contribution in [-0.2, 0) is 4.79 Å². The van der Waals surface area contributed by atoms with Crippen LogP contribution in [0, 0.1) is 5.92 Å². The van der Waals surface area contributed by atoms with Crippen molar-refractivity contribution in [3.05, 3.63) is 0 Å². The Morgan fingerprint density at radius 1 is 1.69 bits per heavy atom. The van der Waals surface area contributed by atoms with Crippen LogP contribution in [0.1, 0.15) is 13.8 Å². The Kier molecular flexibility index (Phi) is 2.95. The molecule has 2 nitrogen and oxygen atoms in total. The van der Waals surface area contributed by atoms with E-state index in [2.05, 4.69) is 15.9 Å². The molecule has 1 saturated heterocycles. The molecule has 1 aliphatic heterocycles. The van der Waals surface area contributed by atoms with Crippen LogP contribution in [0.3, 0.4) is 0 Å². The lowest BCUT2D eigenvalue weighted by Crippen LogP contribution is -2.38. The first-order valence-corrected chi connectivity index (χ1v) is 5.28. The quantitative estimate of drug-likeness (QED) is 0.691. The highest BCUT2D eigenvalue weighted by atomic mass is 79.9. The summed E-state index contributed by atoms with van der Waals surface area (Å²) in [6.45, 7) is 3.63. The van der Waals surface area contributed by atoms with Gasteiger partial charge in [-0.1, -0.05) is 15.9 Å². The zero-order valence-electron chi connectivity index (χ0n) is 7.56. The zero-order chi connectivity index (χ0) is 10.2. The minimum absolute atomic E-state index is 0.148. The van der Waals surface area contributed by atoms with Gasteiger partial charge < -0.3 is 4.90 Å². The third kappa shape index (κ3) is 1.71. The Bertz CT molecular complexity index is 220. The number of nitrogens with zero attached hydrogens (tertiary/aromatic N) is 1. The number of likely N-dealkylation sites (tertiary alicyclic amines) is 1. The molecule has 0 aromatic carbocycles. The average molecular weight is 256 g/mol. The summed E-state index contributed by atoms with van der Waals surface area (Å²) in [6.07, 6.45) is 0. The molecule has 1 atom stereocenters. The maximum Gasteiger partial charge on any atom is 0.330 e. The number of halogens is 3. The Balaban J connectivity index is 2.85. The molecule has 0 bridgehead atoms. The second-order valence-corrected chi connectivity index (χ2v) is 4.17. The molecule has 1 fully saturated rings. The van der Waals surface area contributed by atoms with Crippen molar-refractivity contribution >= 4 is 21.8 Å². The summed E-state index contributed by atoms with van der Waals surface area (Å²) in [5.74, 6) is -5.11. The van der Waals surface area contributed by atoms with E-state index in [1.807, 2.05) is 0 Å². The smallest absolute Gasteiger partial charge is 0.330 e. The molecule has 13 heavy (non-hydrogen) atoms. The van der Waals surface area contributed by atoms with E-state index in [0.717, 1.165) is 0 Å². The van der Waals surface area contributed by atoms with E-state index in [-0.39, 0.29) is 17.9 Å². The third-order valence-corrected chi connectivity index (χ3v) is 3.07. The van der Waals surface area contributed by atoms with Crippen molar-refractivity contribution in [3.8, 4) is 0 Å². The van der Waals surface area contributed by atoms with Gasteiger partial charge in [0.2, 0.25) is 0 Å². The Labute approximate surface area is 84.4 Å². The third-order valence-electron chi connectivity index (χ3n) is 2.29. The van der Waals surface area contributed by atoms with Crippen molar-refractivity contribution in [1.29, 1.82) is 0 Å². The normalized spacial score (nSPS) is 27.4. The molecular formula is C8H12BrF2NO. The first-order valence-electron chi connectivity index (χ1n) is 4.16. The van der Waals surface area contributed by atoms with Crippen LogP contribution in [0.15, 0.2) is 0 Å². The van der Waals surface area contributed by atoms with Crippen molar-refractivity contribution < 1.29 is 13.6 Å². The molecule has 1 aliphatic rings. The van der Waals surface area contributed by atoms with E-state index in [1.54, 1.807) is 13.8 Å². The summed E-state index contributed by atoms with van der Waals surface area (Å²) in [4.78, 5) is 12.4. The molecule has 1 heterocycles. The number of alkyl halides is 3. The molecule has 0 aliphatic carbocycles. The van der Waals surface area contributed by atoms with Crippen molar-refractivity contribution in [1.82, 2.24) is 4.90 Å². The largest absolute Gasteiger partial charge is 0.334 e. The highest BCUT2D eigenvalue weighted by molar-refractivity contribution is 9.09. The van der Waals surface area contributed by atoms with Gasteiger partial charge in [0.1, 0.15) is 0 Å². The van der Waals surface area contributed by atoms with Crippen molar-refractivity contribution in [3.63, 3.8) is 0 Å². The second-order valence-electron chi connectivity index (χ2n) is 3.53. The number of amides is 1. The molecule has 0 saturated carbocycles. The standard InChI is InChI=1S/C8H12BrF2NO/c1-5(2)12-4-6(3-9)8(10,11)7(12)13/h5-6H,3-4H2,1-2H3. The maximum absolute atomic E-state index is 13.2. The number of hydrogen-bond acceptors (Lipinski definition) is 1. The second kappa shape index (κ2) is 3.52. The van der Waals surface area contributed by atoms with Gasteiger partial charge in [-0.2, -0.15) is 8.78 Å². The summed E-state index contributed by atoms with van der Waals surface area (Å²) in [7, 11) is 0. The predicted molar refractivity (Wildman–Crippen MR) is 49.1 cm³/mol. The highest BCUT2D eigenvalue weighted by Crippen LogP contribution is 2.36. The fourth-order valence-electron chi connectivity index (χ4n) is 1.39. The minimum Gasteiger partial charge on any atom is -0.334 e. The van der Waals surface area contributed by atoms with Gasteiger partial charge in [0.25, 0.3) is 5.91 Å². The molecular weight excluding hydrogens is 244 g/mol. The molecule has 1 amide bonds. The fraction of sp³-hybridized carbons (Fsp3) is 0.875. The lowest BCUT2D eigenvalue weighted by atomic mass is 10.1. The van der Waals surface area contributed by atoms with Crippen molar-refractivity contribution in [2.45, 2.75) is 25.8 Å². The highest BCUT2D eigenvalue weighted by Gasteiger charge is 2.55. The SMILES string of the molecule is CC(C)N1CC(CBr)C(F)(F)C1=O. The van der Waals surface area contributed by atoms with Crippen LogP contribution in [0.5, 0.6) is 0 Å². The van der Waals surface area contributed by atoms with Gasteiger partial charge in [-0.25, -0.2) is 0 Å². The Morgan fingerprint density at radius 3 is 2.46 bits per heavy atom. The molecule has 1 unspecified atom stereocenters. The number of carbonyl (C=O) groups is 1. The summed E-state index contributed by atoms with van der Waals surface area (Å²) in [6, 6.07) is -0.151. The van der Waals surface area contributed by atoms with E-state index in [0.29, 0.717) is 0 Å². The van der Waals surface area contributed by atoms with E-state index in [9.17, 15) is 13.6 Å². The molecule has 0 spiro atoms. The lowest BCUT2D eigenvalue weighted by Gasteiger charge is -2.19. The van der Waals surface area contributed by atoms with Crippen LogP contribution in [0.4, 0.5) is 8.78 Å². The van der Waals surface area contributed by atoms with Crippen LogP contribution in [-0.4, -0.2) is 34.6 Å². The predicted octanol–water partition coefficient (Wildman–Crippen LogP) is 1.88. The number of hydrogen-bond donors (Lipinski definition) is 0. The van der Waals surface area contributed by atoms with E-state index in [4.69, 9.17) is 0 Å². The molecule has 0 radical (unpaired) electrons. The lowest BCUT2D eigenvalue weighted by molar-refractivity contribution is -0.151. The first kappa shape index (κ1) is 10.9. The zero-order valence-corrected chi connectivity index (χ0v) is 9.14. The van der Waals surface area contributed by atoms with Gasteiger partial charge >= 0.3 is 5.92 Å². The topological polar surface area (TPSA) is 20.3 Å². The van der Waals surface area contributed by atoms with Crippen molar-refractivity contribution in [2.75, 3.05) is 11.9 Å². The molecule has 0 aromatic heterocycles. The first-order chi connectivity index (χ1) is 5.91. The summed E-state index contributed by atoms with van der Waals surface area (Å²) >= 11 is 3.00. The summed E-state index contributed by atoms with van der Waals surface area (Å²) < 4.78 is 26.4. The molecule has 76 valence electrons. The van der Waals surface area contributed by atoms with E-state index >= 15 is 0 Å². The van der Waals surface area contributed by atoms with E-state index < -0.39 is 17.7 Å². The van der Waals surface area contributed by atoms with Gasteiger partial charge in [-0.15, -0.1) is 0 Å². The molecule has 5 heteroatoms. The van der Waals surface area contributed by atoms with Crippen LogP contribution in [0.2, 0.25) is 0 Å². The maximum atomic E-state index is 13.2. The molecule has 0 aromatic rings. The van der Waals surface area contributed by atoms with E-state index in [1.165, 1.54) is 4.90 Å². The summed E-state index contributed by atoms with van der Waals surface area (Å²) in [5, 5.41) is 0.162. The van der Waals surface area contributed by atoms with Crippen LogP contribution >= 0.6 is 15.9 Å². The van der Waals surface area contributed by atoms with Gasteiger partial charge in [0, 0.05) is 17.9 Å². The summed E-state index contributed by atoms with van der Waals surface area (Å²) in [5.41, 5.74) is 0. The van der Waals surface area contributed by atoms with Crippen molar-refractivity contribution in [2.24, 2.45) is 5.92 Å². The monoisotopic (exact) mass is 255 g/mol. The Hall–Kier alpha value is -0.190. The minimum atomic E-state index is -3.19. The van der Waals surface area contributed by atoms with Crippen LogP contribution in [0.25, 0.3) is 0 Å². The number of carbonyl (C=O) groups excluding carboxylic acids is 1. The van der Waals surface area contributed by atoms with Gasteiger partial charge in [-0.05, 0) is 13.8 Å². The molecule has 0 N–H and O–H groups in total. The Morgan fingerprint density at radius 2 is 2.23 bits per heavy atom. The fourth-order valence-corrected chi connectivity index (χ4v) is 2.00. The molecule has 1 rings (SSSR count). The van der Waals surface area contributed by atoms with Crippen LogP contribution < -0.4 is 0 Å².